The van der Waals surface area contributed by atoms with Crippen molar-refractivity contribution >= 4 is 11.3 Å². The minimum absolute atomic E-state index is 0.133. The zero-order valence-corrected chi connectivity index (χ0v) is 10.1. The number of hydrogen-bond donors (Lipinski definition) is 0. The lowest BCUT2D eigenvalue weighted by Gasteiger charge is -1.99. The highest BCUT2D eigenvalue weighted by Gasteiger charge is 2.30. The highest BCUT2D eigenvalue weighted by atomic mass is 32.1. The molecule has 2 aromatic rings. The Balaban J connectivity index is 2.15. The summed E-state index contributed by atoms with van der Waals surface area (Å²) in [7, 11) is 0. The summed E-state index contributed by atoms with van der Waals surface area (Å²) in [6.45, 7) is 0. The second kappa shape index (κ2) is 4.14. The average molecular weight is 262 g/mol. The number of benzene rings is 1. The van der Waals surface area contributed by atoms with Gasteiger partial charge in [0.1, 0.15) is 27.6 Å². The van der Waals surface area contributed by atoms with Gasteiger partial charge in [0.05, 0.1) is 11.3 Å². The maximum atomic E-state index is 13.6. The number of nitrogens with zero attached hydrogens (tertiary/aromatic N) is 2. The van der Waals surface area contributed by atoms with Crippen molar-refractivity contribution in [3.05, 3.63) is 40.4 Å². The summed E-state index contributed by atoms with van der Waals surface area (Å²) in [4.78, 5) is 4.72. The third-order valence-electron chi connectivity index (χ3n) is 2.90. The molecule has 0 unspecified atom stereocenters. The van der Waals surface area contributed by atoms with Crippen molar-refractivity contribution in [2.45, 2.75) is 18.8 Å². The highest BCUT2D eigenvalue weighted by Crippen LogP contribution is 2.44. The Hall–Kier alpha value is -1.80. The van der Waals surface area contributed by atoms with Crippen LogP contribution in [0.4, 0.5) is 8.78 Å². The summed E-state index contributed by atoms with van der Waals surface area (Å²) >= 11 is 1.06. The summed E-state index contributed by atoms with van der Waals surface area (Å²) in [5.41, 5.74) is 0.561. The van der Waals surface area contributed by atoms with Gasteiger partial charge in [0.15, 0.2) is 0 Å². The number of rotatable bonds is 2. The van der Waals surface area contributed by atoms with Gasteiger partial charge in [-0.1, -0.05) is 6.07 Å². The second-order valence-electron chi connectivity index (χ2n) is 4.22. The molecule has 1 aliphatic rings. The van der Waals surface area contributed by atoms with Gasteiger partial charge in [0, 0.05) is 5.92 Å². The minimum atomic E-state index is -0.643. The number of nitriles is 1. The zero-order chi connectivity index (χ0) is 12.7. The van der Waals surface area contributed by atoms with Crippen LogP contribution in [0.25, 0.3) is 10.6 Å². The van der Waals surface area contributed by atoms with Crippen molar-refractivity contribution in [1.82, 2.24) is 4.98 Å². The molecular formula is C13H8F2N2S. The lowest BCUT2D eigenvalue weighted by molar-refractivity contribution is 0.589. The number of thiazole rings is 1. The molecule has 1 aliphatic carbocycles. The molecule has 0 spiro atoms. The largest absolute Gasteiger partial charge is 0.239 e. The zero-order valence-electron chi connectivity index (χ0n) is 9.28. The summed E-state index contributed by atoms with van der Waals surface area (Å²) in [6, 6.07) is 5.77. The molecule has 1 aromatic heterocycles. The summed E-state index contributed by atoms with van der Waals surface area (Å²) < 4.78 is 27.3. The van der Waals surface area contributed by atoms with Crippen LogP contribution in [0, 0.1) is 23.0 Å². The van der Waals surface area contributed by atoms with E-state index in [1.54, 1.807) is 0 Å². The molecule has 0 bridgehead atoms. The van der Waals surface area contributed by atoms with Crippen LogP contribution in [-0.4, -0.2) is 4.98 Å². The van der Waals surface area contributed by atoms with Gasteiger partial charge in [0.2, 0.25) is 0 Å². The molecular weight excluding hydrogens is 254 g/mol. The first kappa shape index (κ1) is 11.3. The molecule has 2 nitrogen and oxygen atoms in total. The molecule has 1 heterocycles. The van der Waals surface area contributed by atoms with E-state index in [0.29, 0.717) is 16.5 Å². The maximum absolute atomic E-state index is 13.6. The molecule has 3 rings (SSSR count). The standard InChI is InChI=1S/C13H8F2N2S/c14-8-2-1-3-9(15)11(8)13-17-12(7-4-5-7)10(6-16)18-13/h1-3,7H,4-5H2. The van der Waals surface area contributed by atoms with Gasteiger partial charge in [-0.25, -0.2) is 13.8 Å². The Bertz CT molecular complexity index is 633. The predicted octanol–water partition coefficient (Wildman–Crippen LogP) is 3.84. The molecule has 1 aromatic carbocycles. The second-order valence-corrected chi connectivity index (χ2v) is 5.22. The lowest BCUT2D eigenvalue weighted by Crippen LogP contribution is -1.89. The number of halogens is 2. The summed E-state index contributed by atoms with van der Waals surface area (Å²) in [6.07, 6.45) is 2.00. The Morgan fingerprint density at radius 2 is 1.94 bits per heavy atom. The molecule has 0 saturated heterocycles. The predicted molar refractivity (Wildman–Crippen MR) is 64.2 cm³/mol. The molecule has 0 N–H and O–H groups in total. The Kier molecular flexibility index (Phi) is 2.60. The first-order chi connectivity index (χ1) is 8.70. The fourth-order valence-corrected chi connectivity index (χ4v) is 2.85. The quantitative estimate of drug-likeness (QED) is 0.824. The van der Waals surface area contributed by atoms with E-state index in [4.69, 9.17) is 5.26 Å². The maximum Gasteiger partial charge on any atom is 0.136 e. The Morgan fingerprint density at radius 3 is 2.50 bits per heavy atom. The van der Waals surface area contributed by atoms with Crippen LogP contribution < -0.4 is 0 Å². The van der Waals surface area contributed by atoms with Crippen molar-refractivity contribution < 1.29 is 8.78 Å². The van der Waals surface area contributed by atoms with Gasteiger partial charge in [-0.05, 0) is 25.0 Å². The van der Waals surface area contributed by atoms with Crippen LogP contribution >= 0.6 is 11.3 Å². The van der Waals surface area contributed by atoms with E-state index in [1.165, 1.54) is 18.2 Å². The van der Waals surface area contributed by atoms with Gasteiger partial charge in [-0.3, -0.25) is 0 Å². The van der Waals surface area contributed by atoms with E-state index in [9.17, 15) is 8.78 Å². The van der Waals surface area contributed by atoms with Crippen LogP contribution in [0.2, 0.25) is 0 Å². The van der Waals surface area contributed by atoms with Crippen LogP contribution in [0.3, 0.4) is 0 Å². The van der Waals surface area contributed by atoms with E-state index in [0.717, 1.165) is 24.2 Å². The van der Waals surface area contributed by atoms with E-state index >= 15 is 0 Å². The van der Waals surface area contributed by atoms with Crippen molar-refractivity contribution in [2.75, 3.05) is 0 Å². The lowest BCUT2D eigenvalue weighted by atomic mass is 10.2. The molecule has 0 amide bonds. The fraction of sp³-hybridized carbons (Fsp3) is 0.231. The topological polar surface area (TPSA) is 36.7 Å². The van der Waals surface area contributed by atoms with Gasteiger partial charge in [0.25, 0.3) is 0 Å². The molecule has 1 saturated carbocycles. The van der Waals surface area contributed by atoms with E-state index < -0.39 is 11.6 Å². The van der Waals surface area contributed by atoms with E-state index in [-0.39, 0.29) is 10.6 Å². The van der Waals surface area contributed by atoms with Gasteiger partial charge in [-0.15, -0.1) is 11.3 Å². The molecule has 5 heteroatoms. The SMILES string of the molecule is N#Cc1sc(-c2c(F)cccc2F)nc1C1CC1. The van der Waals surface area contributed by atoms with E-state index in [2.05, 4.69) is 11.1 Å². The van der Waals surface area contributed by atoms with Crippen molar-refractivity contribution in [2.24, 2.45) is 0 Å². The minimum Gasteiger partial charge on any atom is -0.239 e. The molecule has 0 atom stereocenters. The van der Waals surface area contributed by atoms with Crippen LogP contribution in [-0.2, 0) is 0 Å². The molecule has 18 heavy (non-hydrogen) atoms. The first-order valence-electron chi connectivity index (χ1n) is 5.56. The number of aromatic nitrogens is 1. The van der Waals surface area contributed by atoms with Crippen LogP contribution in [0.15, 0.2) is 18.2 Å². The van der Waals surface area contributed by atoms with Gasteiger partial charge < -0.3 is 0 Å². The molecule has 90 valence electrons. The Labute approximate surface area is 107 Å². The Morgan fingerprint density at radius 1 is 1.28 bits per heavy atom. The normalized spacial score (nSPS) is 14.5. The molecule has 0 radical (unpaired) electrons. The fourth-order valence-electron chi connectivity index (χ4n) is 1.85. The van der Waals surface area contributed by atoms with Crippen LogP contribution in [0.5, 0.6) is 0 Å². The smallest absolute Gasteiger partial charge is 0.136 e. The summed E-state index contributed by atoms with van der Waals surface area (Å²) in [5, 5.41) is 9.28. The van der Waals surface area contributed by atoms with Crippen LogP contribution in [0.1, 0.15) is 29.3 Å². The number of hydrogen-bond acceptors (Lipinski definition) is 3. The van der Waals surface area contributed by atoms with E-state index in [1.807, 2.05) is 0 Å². The molecule has 1 fully saturated rings. The summed E-state index contributed by atoms with van der Waals surface area (Å²) in [5.74, 6) is -0.995. The first-order valence-corrected chi connectivity index (χ1v) is 6.37. The third kappa shape index (κ3) is 1.79. The molecule has 0 aliphatic heterocycles. The monoisotopic (exact) mass is 262 g/mol. The highest BCUT2D eigenvalue weighted by molar-refractivity contribution is 7.15. The average Bonchev–Trinajstić information content (AvgIpc) is 3.10. The van der Waals surface area contributed by atoms with Gasteiger partial charge >= 0.3 is 0 Å². The van der Waals surface area contributed by atoms with Gasteiger partial charge in [-0.2, -0.15) is 5.26 Å². The third-order valence-corrected chi connectivity index (χ3v) is 3.89. The van der Waals surface area contributed by atoms with Crippen molar-refractivity contribution in [3.63, 3.8) is 0 Å². The van der Waals surface area contributed by atoms with Crippen molar-refractivity contribution in [3.8, 4) is 16.6 Å². The van der Waals surface area contributed by atoms with Crippen molar-refractivity contribution in [1.29, 1.82) is 5.26 Å².